The first-order valence-electron chi connectivity index (χ1n) is 8.62. The van der Waals surface area contributed by atoms with Crippen molar-refractivity contribution < 1.29 is 13.2 Å². The topological polar surface area (TPSA) is 66.5 Å². The molecular formula is C18H28N2O3S. The molecule has 0 radical (unpaired) electrons. The van der Waals surface area contributed by atoms with Gasteiger partial charge >= 0.3 is 0 Å². The molecule has 5 nitrogen and oxygen atoms in total. The Balaban J connectivity index is 2.13. The number of hydrogen-bond acceptors (Lipinski definition) is 3. The highest BCUT2D eigenvalue weighted by atomic mass is 32.2. The molecule has 0 saturated heterocycles. The van der Waals surface area contributed by atoms with Gasteiger partial charge < -0.3 is 4.90 Å². The number of benzene rings is 1. The van der Waals surface area contributed by atoms with Crippen LogP contribution in [0.1, 0.15) is 56.8 Å². The molecule has 1 aromatic rings. The highest BCUT2D eigenvalue weighted by Crippen LogP contribution is 2.28. The minimum absolute atomic E-state index is 0.0467. The van der Waals surface area contributed by atoms with E-state index in [0.29, 0.717) is 11.5 Å². The largest absolute Gasteiger partial charge is 0.338 e. The van der Waals surface area contributed by atoms with Crippen LogP contribution in [0.25, 0.3) is 0 Å². The molecule has 1 fully saturated rings. The van der Waals surface area contributed by atoms with E-state index in [4.69, 9.17) is 0 Å². The number of nitrogens with one attached hydrogen (secondary N) is 1. The van der Waals surface area contributed by atoms with Crippen LogP contribution < -0.4 is 4.72 Å². The molecule has 24 heavy (non-hydrogen) atoms. The molecule has 1 N–H and O–H groups in total. The summed E-state index contributed by atoms with van der Waals surface area (Å²) >= 11 is 0. The van der Waals surface area contributed by atoms with Crippen molar-refractivity contribution in [2.75, 3.05) is 7.05 Å². The lowest BCUT2D eigenvalue weighted by Crippen LogP contribution is -2.42. The van der Waals surface area contributed by atoms with Gasteiger partial charge in [0.1, 0.15) is 0 Å². The second kappa shape index (κ2) is 7.66. The molecule has 1 aromatic carbocycles. The van der Waals surface area contributed by atoms with E-state index in [1.54, 1.807) is 26.0 Å². The average Bonchev–Trinajstić information content (AvgIpc) is 2.53. The Morgan fingerprint density at radius 2 is 1.75 bits per heavy atom. The second-order valence-corrected chi connectivity index (χ2v) is 8.76. The molecule has 0 spiro atoms. The van der Waals surface area contributed by atoms with Crippen LogP contribution in [-0.2, 0) is 10.0 Å². The third kappa shape index (κ3) is 4.36. The van der Waals surface area contributed by atoms with Gasteiger partial charge in [-0.2, -0.15) is 0 Å². The van der Waals surface area contributed by atoms with Crippen LogP contribution in [0.3, 0.4) is 0 Å². The van der Waals surface area contributed by atoms with E-state index in [9.17, 15) is 13.2 Å². The van der Waals surface area contributed by atoms with Crippen LogP contribution in [0.15, 0.2) is 29.2 Å². The number of sulfonamides is 1. The van der Waals surface area contributed by atoms with Crippen LogP contribution in [-0.4, -0.2) is 38.4 Å². The van der Waals surface area contributed by atoms with Crippen molar-refractivity contribution in [3.63, 3.8) is 0 Å². The first-order valence-corrected chi connectivity index (χ1v) is 10.1. The molecule has 134 valence electrons. The Morgan fingerprint density at radius 3 is 2.29 bits per heavy atom. The van der Waals surface area contributed by atoms with Crippen molar-refractivity contribution in [2.45, 2.75) is 63.4 Å². The Kier molecular flexibility index (Phi) is 6.04. The fourth-order valence-electron chi connectivity index (χ4n) is 3.38. The summed E-state index contributed by atoms with van der Waals surface area (Å²) in [5, 5.41) is 0. The third-order valence-corrected chi connectivity index (χ3v) is 6.36. The van der Waals surface area contributed by atoms with Gasteiger partial charge in [0.2, 0.25) is 10.0 Å². The summed E-state index contributed by atoms with van der Waals surface area (Å²) in [6.07, 6.45) is 4.58. The molecule has 6 heteroatoms. The standard InChI is InChI=1S/C18H28N2O3S/c1-13(2)19-24(22,23)16-11-9-15(10-12-16)18(21)20(4)17-8-6-5-7-14(17)3/h9-14,17,19H,5-8H2,1-4H3. The highest BCUT2D eigenvalue weighted by Gasteiger charge is 2.28. The maximum absolute atomic E-state index is 12.7. The van der Waals surface area contributed by atoms with Gasteiger partial charge in [-0.05, 0) is 56.9 Å². The van der Waals surface area contributed by atoms with Gasteiger partial charge in [-0.3, -0.25) is 4.79 Å². The highest BCUT2D eigenvalue weighted by molar-refractivity contribution is 7.89. The Hall–Kier alpha value is -1.40. The Labute approximate surface area is 145 Å². The molecule has 0 aliphatic heterocycles. The molecule has 0 heterocycles. The first-order chi connectivity index (χ1) is 11.2. The summed E-state index contributed by atoms with van der Waals surface area (Å²) in [5.41, 5.74) is 0.527. The number of amides is 1. The Bertz CT molecular complexity index is 668. The van der Waals surface area contributed by atoms with Gasteiger partial charge in [0, 0.05) is 24.7 Å². The smallest absolute Gasteiger partial charge is 0.253 e. The van der Waals surface area contributed by atoms with Crippen LogP contribution in [0.4, 0.5) is 0 Å². The van der Waals surface area contributed by atoms with Gasteiger partial charge in [-0.1, -0.05) is 19.8 Å². The molecular weight excluding hydrogens is 324 g/mol. The molecule has 2 unspecified atom stereocenters. The lowest BCUT2D eigenvalue weighted by atomic mass is 9.85. The zero-order chi connectivity index (χ0) is 17.9. The molecule has 0 bridgehead atoms. The van der Waals surface area contributed by atoms with Gasteiger partial charge in [0.15, 0.2) is 0 Å². The Morgan fingerprint density at radius 1 is 1.17 bits per heavy atom. The number of carbonyl (C=O) groups excluding carboxylic acids is 1. The summed E-state index contributed by atoms with van der Waals surface area (Å²) in [4.78, 5) is 14.7. The molecule has 0 aromatic heterocycles. The molecule has 1 aliphatic rings. The van der Waals surface area contributed by atoms with E-state index in [1.165, 1.54) is 18.6 Å². The first kappa shape index (κ1) is 18.9. The van der Waals surface area contributed by atoms with Gasteiger partial charge in [-0.25, -0.2) is 13.1 Å². The maximum atomic E-state index is 12.7. The number of nitrogens with zero attached hydrogens (tertiary/aromatic N) is 1. The summed E-state index contributed by atoms with van der Waals surface area (Å²) in [6.45, 7) is 5.74. The van der Waals surface area contributed by atoms with Gasteiger partial charge in [0.25, 0.3) is 5.91 Å². The van der Waals surface area contributed by atoms with Crippen molar-refractivity contribution in [2.24, 2.45) is 5.92 Å². The molecule has 1 saturated carbocycles. The summed E-state index contributed by atoms with van der Waals surface area (Å²) < 4.78 is 26.8. The van der Waals surface area contributed by atoms with Crippen LogP contribution in [0.2, 0.25) is 0 Å². The maximum Gasteiger partial charge on any atom is 0.253 e. The van der Waals surface area contributed by atoms with Crippen LogP contribution in [0, 0.1) is 5.92 Å². The SMILES string of the molecule is CC(C)NS(=O)(=O)c1ccc(C(=O)N(C)C2CCCCC2C)cc1. The summed E-state index contributed by atoms with van der Waals surface area (Å²) in [6, 6.07) is 6.28. The van der Waals surface area contributed by atoms with Crippen LogP contribution >= 0.6 is 0 Å². The van der Waals surface area contributed by atoms with E-state index in [2.05, 4.69) is 11.6 Å². The predicted molar refractivity (Wildman–Crippen MR) is 95.4 cm³/mol. The fourth-order valence-corrected chi connectivity index (χ4v) is 4.63. The lowest BCUT2D eigenvalue weighted by molar-refractivity contribution is 0.0629. The van der Waals surface area contributed by atoms with Crippen molar-refractivity contribution >= 4 is 15.9 Å². The van der Waals surface area contributed by atoms with E-state index >= 15 is 0 Å². The molecule has 2 atom stereocenters. The summed E-state index contributed by atoms with van der Waals surface area (Å²) in [7, 11) is -1.68. The second-order valence-electron chi connectivity index (χ2n) is 7.05. The molecule has 1 aliphatic carbocycles. The minimum Gasteiger partial charge on any atom is -0.338 e. The van der Waals surface area contributed by atoms with Crippen LogP contribution in [0.5, 0.6) is 0 Å². The normalized spacial score (nSPS) is 21.7. The van der Waals surface area contributed by atoms with E-state index in [-0.39, 0.29) is 22.9 Å². The summed E-state index contributed by atoms with van der Waals surface area (Å²) in [5.74, 6) is 0.456. The van der Waals surface area contributed by atoms with Crippen molar-refractivity contribution in [1.82, 2.24) is 9.62 Å². The van der Waals surface area contributed by atoms with E-state index in [1.807, 2.05) is 11.9 Å². The molecule has 2 rings (SSSR count). The zero-order valence-electron chi connectivity index (χ0n) is 15.0. The number of hydrogen-bond donors (Lipinski definition) is 1. The van der Waals surface area contributed by atoms with Crippen molar-refractivity contribution in [3.05, 3.63) is 29.8 Å². The van der Waals surface area contributed by atoms with Crippen molar-refractivity contribution in [1.29, 1.82) is 0 Å². The average molecular weight is 353 g/mol. The minimum atomic E-state index is -3.53. The number of rotatable bonds is 5. The lowest BCUT2D eigenvalue weighted by Gasteiger charge is -2.36. The van der Waals surface area contributed by atoms with E-state index < -0.39 is 10.0 Å². The third-order valence-electron chi connectivity index (χ3n) is 4.69. The number of carbonyl (C=O) groups is 1. The van der Waals surface area contributed by atoms with Gasteiger partial charge in [0.05, 0.1) is 4.90 Å². The zero-order valence-corrected chi connectivity index (χ0v) is 15.8. The van der Waals surface area contributed by atoms with E-state index in [0.717, 1.165) is 19.3 Å². The quantitative estimate of drug-likeness (QED) is 0.886. The fraction of sp³-hybridized carbons (Fsp3) is 0.611. The molecule has 1 amide bonds. The monoisotopic (exact) mass is 352 g/mol. The predicted octanol–water partition coefficient (Wildman–Crippen LogP) is 3.02. The van der Waals surface area contributed by atoms with Gasteiger partial charge in [-0.15, -0.1) is 0 Å². The van der Waals surface area contributed by atoms with Crippen molar-refractivity contribution in [3.8, 4) is 0 Å².